The summed E-state index contributed by atoms with van der Waals surface area (Å²) in [4.78, 5) is 18.3. The van der Waals surface area contributed by atoms with Gasteiger partial charge >= 0.3 is 0 Å². The van der Waals surface area contributed by atoms with E-state index < -0.39 is 5.54 Å². The average Bonchev–Trinajstić information content (AvgIpc) is 2.23. The summed E-state index contributed by atoms with van der Waals surface area (Å²) in [6.45, 7) is 5.60. The molecule has 0 fully saturated rings. The summed E-state index contributed by atoms with van der Waals surface area (Å²) >= 11 is 0. The van der Waals surface area contributed by atoms with E-state index in [1.807, 2.05) is 13.8 Å². The lowest BCUT2D eigenvalue weighted by Gasteiger charge is -2.21. The molecule has 1 rings (SSSR count). The zero-order valence-electron chi connectivity index (χ0n) is 10.0. The van der Waals surface area contributed by atoms with Crippen LogP contribution < -0.4 is 11.3 Å². The number of H-pyrrole nitrogens is 1. The molecule has 16 heavy (non-hydrogen) atoms. The van der Waals surface area contributed by atoms with Crippen molar-refractivity contribution in [2.75, 3.05) is 0 Å². The van der Waals surface area contributed by atoms with Crippen molar-refractivity contribution in [3.63, 3.8) is 0 Å². The molecule has 1 aromatic heterocycles. The van der Waals surface area contributed by atoms with Gasteiger partial charge in [0.05, 0.1) is 11.1 Å². The summed E-state index contributed by atoms with van der Waals surface area (Å²) in [5.74, 6) is 0.128. The van der Waals surface area contributed by atoms with Gasteiger partial charge in [-0.05, 0) is 19.8 Å². The molecule has 1 atom stereocenters. The average molecular weight is 225 g/mol. The number of aromatic amines is 1. The summed E-state index contributed by atoms with van der Waals surface area (Å²) in [5.41, 5.74) is 5.27. The minimum absolute atomic E-state index is 0.203. The van der Waals surface area contributed by atoms with Crippen molar-refractivity contribution in [3.05, 3.63) is 21.7 Å². The van der Waals surface area contributed by atoms with E-state index in [1.165, 1.54) is 0 Å². The van der Waals surface area contributed by atoms with E-state index in [0.29, 0.717) is 24.2 Å². The van der Waals surface area contributed by atoms with Gasteiger partial charge in [-0.1, -0.05) is 20.3 Å². The molecule has 0 aromatic carbocycles. The molecule has 0 radical (unpaired) electrons. The summed E-state index contributed by atoms with van der Waals surface area (Å²) in [7, 11) is 0. The number of rotatable bonds is 4. The van der Waals surface area contributed by atoms with E-state index in [4.69, 9.17) is 5.73 Å². The molecular formula is C11H19N3O2. The van der Waals surface area contributed by atoms with Crippen molar-refractivity contribution in [3.8, 4) is 5.88 Å². The first-order chi connectivity index (χ1) is 7.42. The Labute approximate surface area is 94.7 Å². The summed E-state index contributed by atoms with van der Waals surface area (Å²) in [5, 5.41) is 9.68. The number of nitrogens with two attached hydrogens (primary N) is 1. The topological polar surface area (TPSA) is 92.0 Å². The van der Waals surface area contributed by atoms with Gasteiger partial charge in [-0.3, -0.25) is 4.79 Å². The van der Waals surface area contributed by atoms with E-state index in [1.54, 1.807) is 6.92 Å². The first kappa shape index (κ1) is 12.7. The van der Waals surface area contributed by atoms with Gasteiger partial charge in [0, 0.05) is 0 Å². The molecular weight excluding hydrogens is 206 g/mol. The molecule has 0 aliphatic carbocycles. The first-order valence-electron chi connectivity index (χ1n) is 5.53. The van der Waals surface area contributed by atoms with E-state index in [0.717, 1.165) is 6.42 Å². The highest BCUT2D eigenvalue weighted by Gasteiger charge is 2.23. The maximum atomic E-state index is 11.7. The maximum Gasteiger partial charge on any atom is 0.257 e. The Morgan fingerprint density at radius 1 is 1.50 bits per heavy atom. The lowest BCUT2D eigenvalue weighted by Crippen LogP contribution is -2.36. The zero-order valence-corrected chi connectivity index (χ0v) is 10.0. The minimum atomic E-state index is -0.721. The fourth-order valence-electron chi connectivity index (χ4n) is 1.40. The highest BCUT2D eigenvalue weighted by molar-refractivity contribution is 5.24. The number of aromatic nitrogens is 2. The molecule has 1 aromatic rings. The second-order valence-corrected chi connectivity index (χ2v) is 4.24. The molecule has 1 heterocycles. The van der Waals surface area contributed by atoms with Gasteiger partial charge in [-0.15, -0.1) is 0 Å². The summed E-state index contributed by atoms with van der Waals surface area (Å²) < 4.78 is 0. The summed E-state index contributed by atoms with van der Waals surface area (Å²) in [6.07, 6.45) is 1.93. The van der Waals surface area contributed by atoms with Gasteiger partial charge in [0.25, 0.3) is 5.56 Å². The van der Waals surface area contributed by atoms with Gasteiger partial charge in [0.1, 0.15) is 5.82 Å². The predicted molar refractivity (Wildman–Crippen MR) is 62.3 cm³/mol. The summed E-state index contributed by atoms with van der Waals surface area (Å²) in [6, 6.07) is 0. The van der Waals surface area contributed by atoms with E-state index >= 15 is 0 Å². The van der Waals surface area contributed by atoms with Crippen molar-refractivity contribution >= 4 is 0 Å². The first-order valence-corrected chi connectivity index (χ1v) is 5.53. The van der Waals surface area contributed by atoms with Gasteiger partial charge in [-0.25, -0.2) is 0 Å². The molecule has 5 heteroatoms. The van der Waals surface area contributed by atoms with Crippen molar-refractivity contribution < 1.29 is 5.11 Å². The quantitative estimate of drug-likeness (QED) is 0.713. The molecule has 0 spiro atoms. The Morgan fingerprint density at radius 2 is 2.12 bits per heavy atom. The van der Waals surface area contributed by atoms with Crippen molar-refractivity contribution in [2.24, 2.45) is 5.73 Å². The third-order valence-corrected chi connectivity index (χ3v) is 2.77. The van der Waals surface area contributed by atoms with Crippen LogP contribution in [0, 0.1) is 0 Å². The van der Waals surface area contributed by atoms with Crippen LogP contribution in [0.2, 0.25) is 0 Å². The minimum Gasteiger partial charge on any atom is -0.493 e. The second-order valence-electron chi connectivity index (χ2n) is 4.24. The fraction of sp³-hybridized carbons (Fsp3) is 0.636. The lowest BCUT2D eigenvalue weighted by molar-refractivity contribution is 0.403. The number of aromatic hydroxyl groups is 1. The van der Waals surface area contributed by atoms with E-state index in [9.17, 15) is 9.90 Å². The van der Waals surface area contributed by atoms with Crippen LogP contribution in [0.4, 0.5) is 0 Å². The van der Waals surface area contributed by atoms with Crippen molar-refractivity contribution in [2.45, 2.75) is 45.6 Å². The van der Waals surface area contributed by atoms with Crippen molar-refractivity contribution in [1.29, 1.82) is 0 Å². The normalized spacial score (nSPS) is 14.8. The Hall–Kier alpha value is -1.36. The Morgan fingerprint density at radius 3 is 2.56 bits per heavy atom. The molecule has 0 saturated carbocycles. The third-order valence-electron chi connectivity index (χ3n) is 2.77. The Kier molecular flexibility index (Phi) is 3.70. The molecule has 0 aliphatic heterocycles. The van der Waals surface area contributed by atoms with Crippen LogP contribution in [-0.4, -0.2) is 15.1 Å². The molecule has 0 aliphatic rings. The van der Waals surface area contributed by atoms with Crippen molar-refractivity contribution in [1.82, 2.24) is 9.97 Å². The SMILES string of the molecule is CCCc1c(O)nc(C(C)(N)CC)[nH]c1=O. The third kappa shape index (κ3) is 2.41. The molecule has 1 unspecified atom stereocenters. The standard InChI is InChI=1S/C11H19N3O2/c1-4-6-7-8(15)13-10(14-9(7)16)11(3,12)5-2/h4-6,12H2,1-3H3,(H2,13,14,15,16). The van der Waals surface area contributed by atoms with E-state index in [2.05, 4.69) is 9.97 Å². The number of hydrogen-bond donors (Lipinski definition) is 3. The number of hydrogen-bond acceptors (Lipinski definition) is 4. The van der Waals surface area contributed by atoms with Crippen LogP contribution in [-0.2, 0) is 12.0 Å². The van der Waals surface area contributed by atoms with Crippen LogP contribution in [0.5, 0.6) is 5.88 Å². The maximum absolute atomic E-state index is 11.7. The lowest BCUT2D eigenvalue weighted by atomic mass is 9.99. The zero-order chi connectivity index (χ0) is 12.3. The highest BCUT2D eigenvalue weighted by atomic mass is 16.3. The molecule has 4 N–H and O–H groups in total. The fourth-order valence-corrected chi connectivity index (χ4v) is 1.40. The van der Waals surface area contributed by atoms with Crippen LogP contribution in [0.15, 0.2) is 4.79 Å². The van der Waals surface area contributed by atoms with E-state index in [-0.39, 0.29) is 11.4 Å². The Balaban J connectivity index is 3.25. The van der Waals surface area contributed by atoms with Crippen LogP contribution in [0.1, 0.15) is 45.0 Å². The van der Waals surface area contributed by atoms with Gasteiger partial charge < -0.3 is 15.8 Å². The molecule has 0 saturated heterocycles. The van der Waals surface area contributed by atoms with Crippen LogP contribution >= 0.6 is 0 Å². The smallest absolute Gasteiger partial charge is 0.257 e. The molecule has 5 nitrogen and oxygen atoms in total. The number of nitrogens with one attached hydrogen (secondary N) is 1. The largest absolute Gasteiger partial charge is 0.493 e. The van der Waals surface area contributed by atoms with Gasteiger partial charge in [-0.2, -0.15) is 4.98 Å². The highest BCUT2D eigenvalue weighted by Crippen LogP contribution is 2.19. The van der Waals surface area contributed by atoms with Crippen LogP contribution in [0.3, 0.4) is 0 Å². The second kappa shape index (κ2) is 4.65. The number of nitrogens with zero attached hydrogens (tertiary/aromatic N) is 1. The van der Waals surface area contributed by atoms with Gasteiger partial charge in [0.2, 0.25) is 5.88 Å². The Bertz CT molecular complexity index is 424. The van der Waals surface area contributed by atoms with Crippen LogP contribution in [0.25, 0.3) is 0 Å². The predicted octanol–water partition coefficient (Wildman–Crippen LogP) is 1.01. The monoisotopic (exact) mass is 225 g/mol. The van der Waals surface area contributed by atoms with Gasteiger partial charge in [0.15, 0.2) is 0 Å². The molecule has 90 valence electrons. The molecule has 0 bridgehead atoms. The molecule has 0 amide bonds.